The number of aromatic nitrogens is 1. The highest BCUT2D eigenvalue weighted by Crippen LogP contribution is 2.25. The zero-order chi connectivity index (χ0) is 8.43. The first-order valence-electron chi connectivity index (χ1n) is 2.99. The molecule has 58 valence electrons. The van der Waals surface area contributed by atoms with Crippen molar-refractivity contribution in [2.24, 2.45) is 0 Å². The Morgan fingerprint density at radius 3 is 2.64 bits per heavy atom. The average Bonchev–Trinajstić information content (AvgIpc) is 2.30. The van der Waals surface area contributed by atoms with Crippen molar-refractivity contribution in [3.63, 3.8) is 0 Å². The minimum Gasteiger partial charge on any atom is -0.375 e. The van der Waals surface area contributed by atoms with E-state index in [1.165, 1.54) is 11.3 Å². The molecule has 0 saturated carbocycles. The van der Waals surface area contributed by atoms with Crippen molar-refractivity contribution in [2.75, 3.05) is 24.7 Å². The number of anilines is 2. The Labute approximate surface area is 68.9 Å². The largest absolute Gasteiger partial charge is 0.375 e. The molecule has 0 saturated heterocycles. The predicted molar refractivity (Wildman–Crippen MR) is 45.6 cm³/mol. The van der Waals surface area contributed by atoms with Crippen LogP contribution >= 0.6 is 11.3 Å². The van der Waals surface area contributed by atoms with Gasteiger partial charge in [0.25, 0.3) is 0 Å². The normalized spacial score (nSPS) is 9.18. The maximum Gasteiger partial charge on any atom is 0.183 e. The molecule has 1 aromatic heterocycles. The third-order valence-electron chi connectivity index (χ3n) is 1.15. The second kappa shape index (κ2) is 2.76. The van der Waals surface area contributed by atoms with Gasteiger partial charge in [-0.25, -0.2) is 4.98 Å². The van der Waals surface area contributed by atoms with Crippen LogP contribution in [0.25, 0.3) is 0 Å². The number of nitrogens with zero attached hydrogens (tertiary/aromatic N) is 3. The molecule has 0 bridgehead atoms. The van der Waals surface area contributed by atoms with Gasteiger partial charge in [-0.3, -0.25) is 0 Å². The van der Waals surface area contributed by atoms with Crippen molar-refractivity contribution in [1.82, 2.24) is 4.98 Å². The van der Waals surface area contributed by atoms with Crippen LogP contribution in [0.3, 0.4) is 0 Å². The molecular weight excluding hydrogens is 160 g/mol. The van der Waals surface area contributed by atoms with E-state index in [4.69, 9.17) is 11.0 Å². The summed E-state index contributed by atoms with van der Waals surface area (Å²) < 4.78 is 0. The Kier molecular flexibility index (Phi) is 1.96. The molecule has 0 aliphatic rings. The van der Waals surface area contributed by atoms with Crippen molar-refractivity contribution in [1.29, 1.82) is 5.26 Å². The van der Waals surface area contributed by atoms with Gasteiger partial charge in [-0.1, -0.05) is 11.3 Å². The van der Waals surface area contributed by atoms with Crippen LogP contribution in [0.15, 0.2) is 0 Å². The topological polar surface area (TPSA) is 65.9 Å². The lowest BCUT2D eigenvalue weighted by Gasteiger charge is -2.06. The molecule has 1 aromatic rings. The van der Waals surface area contributed by atoms with Gasteiger partial charge in [0.15, 0.2) is 15.8 Å². The van der Waals surface area contributed by atoms with Gasteiger partial charge in [-0.05, 0) is 0 Å². The van der Waals surface area contributed by atoms with E-state index in [2.05, 4.69) is 4.98 Å². The van der Waals surface area contributed by atoms with Crippen LogP contribution < -0.4 is 10.6 Å². The number of nitrogen functional groups attached to an aromatic ring is 1. The molecule has 5 heteroatoms. The Morgan fingerprint density at radius 2 is 2.27 bits per heavy atom. The summed E-state index contributed by atoms with van der Waals surface area (Å²) in [5, 5.41) is 9.05. The SMILES string of the molecule is CN(C)c1nc(N)sc1C#N. The smallest absolute Gasteiger partial charge is 0.183 e. The summed E-state index contributed by atoms with van der Waals surface area (Å²) in [5.41, 5.74) is 5.42. The highest BCUT2D eigenvalue weighted by molar-refractivity contribution is 7.16. The van der Waals surface area contributed by atoms with E-state index in [0.717, 1.165) is 0 Å². The summed E-state index contributed by atoms with van der Waals surface area (Å²) in [6.45, 7) is 0. The standard InChI is InChI=1S/C6H8N4S/c1-10(2)5-4(3-7)11-6(8)9-5/h1-2H3,(H2,8,9). The molecule has 0 amide bonds. The van der Waals surface area contributed by atoms with Crippen LogP contribution in [-0.4, -0.2) is 19.1 Å². The van der Waals surface area contributed by atoms with Gasteiger partial charge in [-0.2, -0.15) is 5.26 Å². The monoisotopic (exact) mass is 168 g/mol. The maximum absolute atomic E-state index is 8.62. The Hall–Kier alpha value is -1.28. The quantitative estimate of drug-likeness (QED) is 0.669. The van der Waals surface area contributed by atoms with Crippen LogP contribution in [0.5, 0.6) is 0 Å². The van der Waals surface area contributed by atoms with Gasteiger partial charge < -0.3 is 10.6 Å². The van der Waals surface area contributed by atoms with Gasteiger partial charge in [0, 0.05) is 14.1 Å². The summed E-state index contributed by atoms with van der Waals surface area (Å²) in [6.07, 6.45) is 0. The molecule has 0 fully saturated rings. The highest BCUT2D eigenvalue weighted by atomic mass is 32.1. The highest BCUT2D eigenvalue weighted by Gasteiger charge is 2.09. The van der Waals surface area contributed by atoms with Crippen molar-refractivity contribution in [2.45, 2.75) is 0 Å². The van der Waals surface area contributed by atoms with E-state index in [1.807, 2.05) is 20.2 Å². The average molecular weight is 168 g/mol. The lowest BCUT2D eigenvalue weighted by Crippen LogP contribution is -2.10. The van der Waals surface area contributed by atoms with Crippen LogP contribution in [-0.2, 0) is 0 Å². The van der Waals surface area contributed by atoms with Gasteiger partial charge in [0.1, 0.15) is 6.07 Å². The molecule has 0 atom stereocenters. The zero-order valence-electron chi connectivity index (χ0n) is 6.33. The lowest BCUT2D eigenvalue weighted by atomic mass is 10.5. The molecule has 4 nitrogen and oxygen atoms in total. The Balaban J connectivity index is 3.15. The number of rotatable bonds is 1. The fourth-order valence-electron chi connectivity index (χ4n) is 0.704. The summed E-state index contributed by atoms with van der Waals surface area (Å²) in [4.78, 5) is 6.31. The zero-order valence-corrected chi connectivity index (χ0v) is 7.14. The van der Waals surface area contributed by atoms with Gasteiger partial charge in [0.05, 0.1) is 0 Å². The molecule has 1 heterocycles. The number of hydrogen-bond donors (Lipinski definition) is 1. The summed E-state index contributed by atoms with van der Waals surface area (Å²) in [7, 11) is 3.66. The third kappa shape index (κ3) is 1.41. The molecule has 1 rings (SSSR count). The van der Waals surface area contributed by atoms with E-state index in [1.54, 1.807) is 4.90 Å². The van der Waals surface area contributed by atoms with E-state index < -0.39 is 0 Å². The predicted octanol–water partition coefficient (Wildman–Crippen LogP) is 0.663. The number of hydrogen-bond acceptors (Lipinski definition) is 5. The molecule has 0 aliphatic heterocycles. The third-order valence-corrected chi connectivity index (χ3v) is 1.93. The molecular formula is C6H8N4S. The maximum atomic E-state index is 8.62. The molecule has 0 aliphatic carbocycles. The van der Waals surface area contributed by atoms with Crippen molar-refractivity contribution < 1.29 is 0 Å². The van der Waals surface area contributed by atoms with Gasteiger partial charge >= 0.3 is 0 Å². The Bertz CT molecular complexity index is 296. The molecule has 0 unspecified atom stereocenters. The van der Waals surface area contributed by atoms with E-state index >= 15 is 0 Å². The summed E-state index contributed by atoms with van der Waals surface area (Å²) in [6, 6.07) is 2.03. The first kappa shape index (κ1) is 7.82. The van der Waals surface area contributed by atoms with E-state index in [0.29, 0.717) is 15.8 Å². The number of thiazole rings is 1. The van der Waals surface area contributed by atoms with E-state index in [9.17, 15) is 0 Å². The molecule has 0 spiro atoms. The minimum atomic E-state index is 0.435. The number of nitriles is 1. The fraction of sp³-hybridized carbons (Fsp3) is 0.333. The first-order chi connectivity index (χ1) is 5.15. The first-order valence-corrected chi connectivity index (χ1v) is 3.80. The molecule has 2 N–H and O–H groups in total. The van der Waals surface area contributed by atoms with Crippen LogP contribution in [0.2, 0.25) is 0 Å². The van der Waals surface area contributed by atoms with Crippen LogP contribution in [0, 0.1) is 11.3 Å². The molecule has 0 radical (unpaired) electrons. The molecule has 0 aromatic carbocycles. The van der Waals surface area contributed by atoms with Gasteiger partial charge in [0.2, 0.25) is 0 Å². The lowest BCUT2D eigenvalue weighted by molar-refractivity contribution is 1.08. The van der Waals surface area contributed by atoms with Crippen LogP contribution in [0.4, 0.5) is 10.9 Å². The second-order valence-corrected chi connectivity index (χ2v) is 3.24. The van der Waals surface area contributed by atoms with Crippen molar-refractivity contribution in [3.8, 4) is 6.07 Å². The van der Waals surface area contributed by atoms with Gasteiger partial charge in [-0.15, -0.1) is 0 Å². The Morgan fingerprint density at radius 1 is 1.64 bits per heavy atom. The molecule has 11 heavy (non-hydrogen) atoms. The minimum absolute atomic E-state index is 0.435. The van der Waals surface area contributed by atoms with Crippen molar-refractivity contribution in [3.05, 3.63) is 4.88 Å². The fourth-order valence-corrected chi connectivity index (χ4v) is 1.41. The van der Waals surface area contributed by atoms with Crippen LogP contribution in [0.1, 0.15) is 4.88 Å². The van der Waals surface area contributed by atoms with E-state index in [-0.39, 0.29) is 0 Å². The number of nitrogens with two attached hydrogens (primary N) is 1. The second-order valence-electron chi connectivity index (χ2n) is 2.21. The summed E-state index contributed by atoms with van der Waals surface area (Å²) >= 11 is 1.21. The summed E-state index contributed by atoms with van der Waals surface area (Å²) in [5.74, 6) is 0.648. The van der Waals surface area contributed by atoms with Crippen molar-refractivity contribution >= 4 is 22.3 Å².